The molecular weight excluding hydrogens is 368 g/mol. The van der Waals surface area contributed by atoms with E-state index < -0.39 is 0 Å². The Labute approximate surface area is 170 Å². The minimum atomic E-state index is -0.0463. The summed E-state index contributed by atoms with van der Waals surface area (Å²) in [6.07, 6.45) is 1.91. The Balaban J connectivity index is 1.39. The summed E-state index contributed by atoms with van der Waals surface area (Å²) in [7, 11) is 0. The summed E-state index contributed by atoms with van der Waals surface area (Å²) in [4.78, 5) is 19.5. The number of morpholine rings is 1. The summed E-state index contributed by atoms with van der Waals surface area (Å²) in [5, 5.41) is 4.01. The second-order valence-corrected chi connectivity index (χ2v) is 6.98. The Hall–Kier alpha value is -3.06. The van der Waals surface area contributed by atoms with Crippen LogP contribution in [0.25, 0.3) is 11.0 Å². The van der Waals surface area contributed by atoms with E-state index in [-0.39, 0.29) is 12.5 Å². The molecule has 152 valence electrons. The lowest BCUT2D eigenvalue weighted by molar-refractivity contribution is -0.121. The van der Waals surface area contributed by atoms with Crippen molar-refractivity contribution in [2.45, 2.75) is 20.0 Å². The number of amides is 1. The molecule has 0 spiro atoms. The maximum atomic E-state index is 12.5. The number of carbonyl (C=O) groups is 1. The highest BCUT2D eigenvalue weighted by Crippen LogP contribution is 2.20. The monoisotopic (exact) mass is 394 g/mol. The molecule has 29 heavy (non-hydrogen) atoms. The molecule has 3 aromatic rings. The van der Waals surface area contributed by atoms with E-state index in [1.165, 1.54) is 0 Å². The quantitative estimate of drug-likeness (QED) is 0.667. The Morgan fingerprint density at radius 1 is 1.14 bits per heavy atom. The van der Waals surface area contributed by atoms with Gasteiger partial charge in [-0.1, -0.05) is 12.1 Å². The van der Waals surface area contributed by atoms with E-state index in [4.69, 9.17) is 14.5 Å². The molecule has 0 atom stereocenters. The molecular formula is C22H26N4O3. The summed E-state index contributed by atoms with van der Waals surface area (Å²) < 4.78 is 12.8. The van der Waals surface area contributed by atoms with Gasteiger partial charge in [-0.15, -0.1) is 0 Å². The summed E-state index contributed by atoms with van der Waals surface area (Å²) >= 11 is 0. The number of rotatable bonds is 7. The average molecular weight is 394 g/mol. The summed E-state index contributed by atoms with van der Waals surface area (Å²) in [5.41, 5.74) is 1.86. The standard InChI is InChI=1S/C22H26N4O3/c1-2-29-19-6-3-17(4-7-19)15-23-21(27)16-26-10-9-18-5-8-20(24-22(18)26)25-11-13-28-14-12-25/h3-10H,2,11-16H2,1H3,(H,23,27). The first-order valence-corrected chi connectivity index (χ1v) is 10.00. The Kier molecular flexibility index (Phi) is 5.95. The second-order valence-electron chi connectivity index (χ2n) is 6.98. The molecule has 1 amide bonds. The van der Waals surface area contributed by atoms with E-state index >= 15 is 0 Å². The number of nitrogens with zero attached hydrogens (tertiary/aromatic N) is 3. The van der Waals surface area contributed by atoms with E-state index in [1.54, 1.807) is 0 Å². The highest BCUT2D eigenvalue weighted by Gasteiger charge is 2.14. The number of aromatic nitrogens is 2. The van der Waals surface area contributed by atoms with Crippen molar-refractivity contribution in [2.75, 3.05) is 37.8 Å². The van der Waals surface area contributed by atoms with Gasteiger partial charge in [0, 0.05) is 31.2 Å². The van der Waals surface area contributed by atoms with Crippen molar-refractivity contribution in [3.05, 3.63) is 54.2 Å². The van der Waals surface area contributed by atoms with Crippen LogP contribution in [0.2, 0.25) is 0 Å². The fraction of sp³-hybridized carbons (Fsp3) is 0.364. The van der Waals surface area contributed by atoms with Crippen LogP contribution < -0.4 is 15.0 Å². The topological polar surface area (TPSA) is 68.6 Å². The van der Waals surface area contributed by atoms with E-state index in [1.807, 2.05) is 54.1 Å². The minimum absolute atomic E-state index is 0.0463. The molecule has 3 heterocycles. The molecule has 2 aromatic heterocycles. The van der Waals surface area contributed by atoms with Gasteiger partial charge in [0.15, 0.2) is 0 Å². The highest BCUT2D eigenvalue weighted by atomic mass is 16.5. The first-order valence-electron chi connectivity index (χ1n) is 10.00. The molecule has 7 heteroatoms. The van der Waals surface area contributed by atoms with Crippen LogP contribution in [0.4, 0.5) is 5.82 Å². The normalized spacial score (nSPS) is 14.2. The molecule has 1 aliphatic rings. The SMILES string of the molecule is CCOc1ccc(CNC(=O)Cn2ccc3ccc(N4CCOCC4)nc32)cc1. The van der Waals surface area contributed by atoms with E-state index in [0.717, 1.165) is 41.3 Å². The first-order chi connectivity index (χ1) is 14.2. The van der Waals surface area contributed by atoms with Gasteiger partial charge >= 0.3 is 0 Å². The molecule has 0 unspecified atom stereocenters. The number of nitrogens with one attached hydrogen (secondary N) is 1. The van der Waals surface area contributed by atoms with Crippen LogP contribution in [0.5, 0.6) is 5.75 Å². The van der Waals surface area contributed by atoms with Crippen LogP contribution in [0.15, 0.2) is 48.7 Å². The minimum Gasteiger partial charge on any atom is -0.494 e. The van der Waals surface area contributed by atoms with Gasteiger partial charge in [0.1, 0.15) is 23.8 Å². The second kappa shape index (κ2) is 8.96. The van der Waals surface area contributed by atoms with Gasteiger partial charge in [0.2, 0.25) is 5.91 Å². The molecule has 4 rings (SSSR count). The van der Waals surface area contributed by atoms with Crippen LogP contribution in [0.1, 0.15) is 12.5 Å². The van der Waals surface area contributed by atoms with Gasteiger partial charge in [-0.3, -0.25) is 4.79 Å². The fourth-order valence-corrected chi connectivity index (χ4v) is 3.43. The number of carbonyl (C=O) groups excluding carboxylic acids is 1. The zero-order chi connectivity index (χ0) is 20.1. The van der Waals surface area contributed by atoms with Crippen molar-refractivity contribution in [3.63, 3.8) is 0 Å². The largest absolute Gasteiger partial charge is 0.494 e. The molecule has 1 N–H and O–H groups in total. The van der Waals surface area contributed by atoms with Crippen molar-refractivity contribution < 1.29 is 14.3 Å². The predicted molar refractivity (Wildman–Crippen MR) is 112 cm³/mol. The zero-order valence-electron chi connectivity index (χ0n) is 16.6. The van der Waals surface area contributed by atoms with Crippen LogP contribution in [0.3, 0.4) is 0 Å². The van der Waals surface area contributed by atoms with Crippen molar-refractivity contribution in [1.29, 1.82) is 0 Å². The summed E-state index contributed by atoms with van der Waals surface area (Å²) in [5.74, 6) is 1.72. The Morgan fingerprint density at radius 2 is 1.93 bits per heavy atom. The predicted octanol–water partition coefficient (Wildman–Crippen LogP) is 2.59. The molecule has 0 radical (unpaired) electrons. The third-order valence-corrected chi connectivity index (χ3v) is 4.97. The van der Waals surface area contributed by atoms with Crippen LogP contribution >= 0.6 is 0 Å². The first kappa shape index (κ1) is 19.3. The number of pyridine rings is 1. The van der Waals surface area contributed by atoms with Crippen molar-refractivity contribution in [3.8, 4) is 5.75 Å². The van der Waals surface area contributed by atoms with Crippen LogP contribution in [-0.4, -0.2) is 48.4 Å². The third kappa shape index (κ3) is 4.68. The number of hydrogen-bond donors (Lipinski definition) is 1. The van der Waals surface area contributed by atoms with Crippen molar-refractivity contribution in [1.82, 2.24) is 14.9 Å². The maximum absolute atomic E-state index is 12.5. The van der Waals surface area contributed by atoms with Gasteiger partial charge < -0.3 is 24.3 Å². The smallest absolute Gasteiger partial charge is 0.240 e. The number of benzene rings is 1. The maximum Gasteiger partial charge on any atom is 0.240 e. The lowest BCUT2D eigenvalue weighted by atomic mass is 10.2. The average Bonchev–Trinajstić information content (AvgIpc) is 3.16. The third-order valence-electron chi connectivity index (χ3n) is 4.97. The van der Waals surface area contributed by atoms with Gasteiger partial charge in [-0.05, 0) is 42.8 Å². The Morgan fingerprint density at radius 3 is 2.69 bits per heavy atom. The molecule has 0 bridgehead atoms. The molecule has 0 aliphatic carbocycles. The van der Waals surface area contributed by atoms with Crippen molar-refractivity contribution >= 4 is 22.8 Å². The van der Waals surface area contributed by atoms with Gasteiger partial charge in [-0.25, -0.2) is 4.98 Å². The number of hydrogen-bond acceptors (Lipinski definition) is 5. The summed E-state index contributed by atoms with van der Waals surface area (Å²) in [6.45, 7) is 6.42. The molecule has 1 aromatic carbocycles. The molecule has 1 aliphatic heterocycles. The number of ether oxygens (including phenoxy) is 2. The van der Waals surface area contributed by atoms with Gasteiger partial charge in [0.05, 0.1) is 19.8 Å². The number of anilines is 1. The highest BCUT2D eigenvalue weighted by molar-refractivity contribution is 5.82. The van der Waals surface area contributed by atoms with Gasteiger partial charge in [-0.2, -0.15) is 0 Å². The summed E-state index contributed by atoms with van der Waals surface area (Å²) in [6, 6.07) is 13.8. The lowest BCUT2D eigenvalue weighted by Gasteiger charge is -2.27. The molecule has 1 fully saturated rings. The van der Waals surface area contributed by atoms with Crippen molar-refractivity contribution in [2.24, 2.45) is 0 Å². The van der Waals surface area contributed by atoms with E-state index in [9.17, 15) is 4.79 Å². The fourth-order valence-electron chi connectivity index (χ4n) is 3.43. The lowest BCUT2D eigenvalue weighted by Crippen LogP contribution is -2.36. The molecule has 7 nitrogen and oxygen atoms in total. The van der Waals surface area contributed by atoms with Crippen LogP contribution in [-0.2, 0) is 22.6 Å². The van der Waals surface area contributed by atoms with Crippen LogP contribution in [0, 0.1) is 0 Å². The van der Waals surface area contributed by atoms with E-state index in [2.05, 4.69) is 16.3 Å². The number of fused-ring (bicyclic) bond motifs is 1. The zero-order valence-corrected chi connectivity index (χ0v) is 16.6. The van der Waals surface area contributed by atoms with E-state index in [0.29, 0.717) is 26.4 Å². The molecule has 1 saturated heterocycles. The molecule has 0 saturated carbocycles. The van der Waals surface area contributed by atoms with Gasteiger partial charge in [0.25, 0.3) is 0 Å². The Bertz CT molecular complexity index is 962.